The van der Waals surface area contributed by atoms with Crippen molar-refractivity contribution >= 4 is 29.4 Å². The molecule has 0 fully saturated rings. The molecule has 1 atom stereocenters. The molecule has 0 aliphatic rings. The van der Waals surface area contributed by atoms with Crippen LogP contribution < -0.4 is 10.1 Å². The van der Waals surface area contributed by atoms with E-state index in [9.17, 15) is 23.1 Å². The molecular weight excluding hydrogens is 591 g/mol. The Labute approximate surface area is 246 Å². The van der Waals surface area contributed by atoms with E-state index in [-0.39, 0.29) is 23.5 Å². The highest BCUT2D eigenvalue weighted by molar-refractivity contribution is 7.13. The van der Waals surface area contributed by atoms with Crippen molar-refractivity contribution in [1.29, 1.82) is 0 Å². The molecule has 0 saturated carbocycles. The van der Waals surface area contributed by atoms with E-state index in [1.165, 1.54) is 23.7 Å². The number of pyridine rings is 1. The van der Waals surface area contributed by atoms with Gasteiger partial charge in [-0.15, -0.1) is 11.3 Å². The average molecular weight is 616 g/mol. The van der Waals surface area contributed by atoms with Crippen LogP contribution in [0, 0.1) is 0 Å². The topological polar surface area (TPSA) is 157 Å². The smallest absolute Gasteiger partial charge is 0.416 e. The van der Waals surface area contributed by atoms with Crippen LogP contribution in [0.3, 0.4) is 0 Å². The van der Waals surface area contributed by atoms with Crippen molar-refractivity contribution in [1.82, 2.24) is 29.5 Å². The zero-order chi connectivity index (χ0) is 31.0. The van der Waals surface area contributed by atoms with Gasteiger partial charge in [-0.3, -0.25) is 23.9 Å². The minimum absolute atomic E-state index is 0.109. The molecule has 0 saturated heterocycles. The molecule has 0 radical (unpaired) electrons. The number of nitrogens with one attached hydrogen (secondary N) is 1. The summed E-state index contributed by atoms with van der Waals surface area (Å²) < 4.78 is 46.5. The molecule has 4 heterocycles. The monoisotopic (exact) mass is 615 g/mol. The average Bonchev–Trinajstić information content (AvgIpc) is 3.74. The molecule has 224 valence electrons. The number of carbonyl (C=O) groups is 2. The molecule has 0 aliphatic carbocycles. The maximum Gasteiger partial charge on any atom is 0.416 e. The number of carbonyl (C=O) groups excluding carboxylic acids is 1. The standard InChI is InChI=1S/C26H22F3N7O3S.CH2O2/c1-39-18-7-5-16(6-8-18)11-35-12-17(10-31-35)25-33-21(15-40-25)24(38)32-20-13-36(14-22(37)26(27,28)29)34-23(20)19-4-2-3-9-30-19;2-1-3/h2-10,12-13,15,22,37H,11,14H2,1H3,(H,32,38);1H,(H,2,3). The Morgan fingerprint density at radius 1 is 1.16 bits per heavy atom. The number of ether oxygens (including phenoxy) is 1. The number of hydrogen-bond donors (Lipinski definition) is 3. The van der Waals surface area contributed by atoms with Crippen LogP contribution in [0.4, 0.5) is 18.9 Å². The number of amides is 1. The lowest BCUT2D eigenvalue weighted by molar-refractivity contribution is -0.208. The van der Waals surface area contributed by atoms with E-state index in [1.54, 1.807) is 41.6 Å². The molecule has 12 nitrogen and oxygen atoms in total. The molecule has 0 bridgehead atoms. The Bertz CT molecular complexity index is 1650. The van der Waals surface area contributed by atoms with Gasteiger partial charge >= 0.3 is 6.18 Å². The highest BCUT2D eigenvalue weighted by Gasteiger charge is 2.38. The second kappa shape index (κ2) is 13.7. The van der Waals surface area contributed by atoms with Crippen LogP contribution in [0.15, 0.2) is 72.6 Å². The summed E-state index contributed by atoms with van der Waals surface area (Å²) in [6.45, 7) is -0.563. The lowest BCUT2D eigenvalue weighted by Crippen LogP contribution is -2.32. The minimum Gasteiger partial charge on any atom is -0.497 e. The van der Waals surface area contributed by atoms with Gasteiger partial charge < -0.3 is 20.3 Å². The number of methoxy groups -OCH3 is 1. The number of halogens is 3. The van der Waals surface area contributed by atoms with Gasteiger partial charge in [0.1, 0.15) is 22.1 Å². The van der Waals surface area contributed by atoms with Gasteiger partial charge in [-0.25, -0.2) is 4.98 Å². The second-order valence-electron chi connectivity index (χ2n) is 8.76. The minimum atomic E-state index is -4.82. The predicted octanol–water partition coefficient (Wildman–Crippen LogP) is 4.20. The molecule has 0 spiro atoms. The Morgan fingerprint density at radius 2 is 1.91 bits per heavy atom. The van der Waals surface area contributed by atoms with Crippen LogP contribution in [0.25, 0.3) is 22.0 Å². The van der Waals surface area contributed by atoms with Crippen LogP contribution in [0.2, 0.25) is 0 Å². The van der Waals surface area contributed by atoms with E-state index in [4.69, 9.17) is 14.6 Å². The zero-order valence-electron chi connectivity index (χ0n) is 22.3. The van der Waals surface area contributed by atoms with Gasteiger partial charge in [0.2, 0.25) is 0 Å². The highest BCUT2D eigenvalue weighted by atomic mass is 32.1. The van der Waals surface area contributed by atoms with Crippen molar-refractivity contribution in [2.24, 2.45) is 0 Å². The fraction of sp³-hybridized carbons (Fsp3) is 0.185. The van der Waals surface area contributed by atoms with Gasteiger partial charge in [0.05, 0.1) is 37.8 Å². The molecule has 1 unspecified atom stereocenters. The van der Waals surface area contributed by atoms with Gasteiger partial charge in [-0.2, -0.15) is 23.4 Å². The number of alkyl halides is 3. The van der Waals surface area contributed by atoms with E-state index >= 15 is 0 Å². The van der Waals surface area contributed by atoms with E-state index in [2.05, 4.69) is 25.5 Å². The molecular formula is C27H24F3N7O5S. The molecule has 0 aliphatic heterocycles. The van der Waals surface area contributed by atoms with Gasteiger partial charge in [0.25, 0.3) is 12.4 Å². The number of aliphatic hydroxyl groups is 1. The predicted molar refractivity (Wildman–Crippen MR) is 150 cm³/mol. The zero-order valence-corrected chi connectivity index (χ0v) is 23.2. The number of benzene rings is 1. The van der Waals surface area contributed by atoms with Crippen LogP contribution >= 0.6 is 11.3 Å². The van der Waals surface area contributed by atoms with E-state index in [0.717, 1.165) is 21.6 Å². The second-order valence-corrected chi connectivity index (χ2v) is 9.62. The van der Waals surface area contributed by atoms with Crippen molar-refractivity contribution in [3.05, 3.63) is 83.9 Å². The lowest BCUT2D eigenvalue weighted by Gasteiger charge is -2.13. The SMILES string of the molecule is COc1ccc(Cn2cc(-c3nc(C(=O)Nc4cn(CC(O)C(F)(F)F)nc4-c4ccccn4)cs3)cn2)cc1.O=CO. The van der Waals surface area contributed by atoms with E-state index < -0.39 is 24.7 Å². The van der Waals surface area contributed by atoms with Gasteiger partial charge in [-0.1, -0.05) is 18.2 Å². The summed E-state index contributed by atoms with van der Waals surface area (Å²) in [7, 11) is 1.60. The summed E-state index contributed by atoms with van der Waals surface area (Å²) in [5.74, 6) is 0.179. The Hall–Kier alpha value is -5.09. The first-order valence-corrected chi connectivity index (χ1v) is 13.2. The molecule has 3 N–H and O–H groups in total. The fourth-order valence-corrected chi connectivity index (χ4v) is 4.53. The quantitative estimate of drug-likeness (QED) is 0.207. The van der Waals surface area contributed by atoms with Gasteiger partial charge in [-0.05, 0) is 29.8 Å². The maximum absolute atomic E-state index is 13.0. The summed E-state index contributed by atoms with van der Waals surface area (Å²) in [4.78, 5) is 30.0. The molecule has 4 aromatic heterocycles. The molecule has 1 aromatic carbocycles. The summed E-state index contributed by atoms with van der Waals surface area (Å²) >= 11 is 1.25. The first kappa shape index (κ1) is 30.9. The Kier molecular flexibility index (Phi) is 9.84. The number of carboxylic acid groups (broad SMARTS) is 1. The van der Waals surface area contributed by atoms with Gasteiger partial charge in [0, 0.05) is 29.5 Å². The first-order chi connectivity index (χ1) is 20.6. The van der Waals surface area contributed by atoms with E-state index in [0.29, 0.717) is 17.2 Å². The highest BCUT2D eigenvalue weighted by Crippen LogP contribution is 2.29. The van der Waals surface area contributed by atoms with Crippen molar-refractivity contribution in [2.45, 2.75) is 25.4 Å². The number of hydrogen-bond acceptors (Lipinski definition) is 9. The normalized spacial score (nSPS) is 11.7. The summed E-state index contributed by atoms with van der Waals surface area (Å²) in [6, 6.07) is 12.6. The Balaban J connectivity index is 0.00000135. The number of nitrogens with zero attached hydrogens (tertiary/aromatic N) is 6. The first-order valence-electron chi connectivity index (χ1n) is 12.4. The molecule has 5 aromatic rings. The van der Waals surface area contributed by atoms with Crippen molar-refractivity contribution < 1.29 is 37.7 Å². The summed E-state index contributed by atoms with van der Waals surface area (Å²) in [5.41, 5.74) is 2.47. The third kappa shape index (κ3) is 8.02. The van der Waals surface area contributed by atoms with Crippen LogP contribution in [0.5, 0.6) is 5.75 Å². The number of thiazole rings is 1. The molecule has 43 heavy (non-hydrogen) atoms. The molecule has 5 rings (SSSR count). The van der Waals surface area contributed by atoms with Gasteiger partial charge in [0.15, 0.2) is 6.10 Å². The van der Waals surface area contributed by atoms with Crippen LogP contribution in [-0.2, 0) is 17.9 Å². The van der Waals surface area contributed by atoms with Crippen LogP contribution in [-0.4, -0.2) is 71.5 Å². The largest absolute Gasteiger partial charge is 0.497 e. The molecule has 16 heteroatoms. The third-order valence-electron chi connectivity index (χ3n) is 5.78. The maximum atomic E-state index is 13.0. The fourth-order valence-electron chi connectivity index (χ4n) is 3.75. The number of rotatable bonds is 9. The Morgan fingerprint density at radius 3 is 2.56 bits per heavy atom. The molecule has 1 amide bonds. The summed E-state index contributed by atoms with van der Waals surface area (Å²) in [5, 5.41) is 29.7. The van der Waals surface area contributed by atoms with Crippen molar-refractivity contribution in [3.63, 3.8) is 0 Å². The summed E-state index contributed by atoms with van der Waals surface area (Å²) in [6.07, 6.45) is -1.27. The van der Waals surface area contributed by atoms with Crippen molar-refractivity contribution in [3.8, 4) is 27.7 Å². The number of aliphatic hydroxyl groups excluding tert-OH is 1. The number of anilines is 1. The van der Waals surface area contributed by atoms with Crippen LogP contribution in [0.1, 0.15) is 16.1 Å². The van der Waals surface area contributed by atoms with Crippen molar-refractivity contribution in [2.75, 3.05) is 12.4 Å². The third-order valence-corrected chi connectivity index (χ3v) is 6.67. The van der Waals surface area contributed by atoms with E-state index in [1.807, 2.05) is 30.5 Å². The lowest BCUT2D eigenvalue weighted by atomic mass is 10.2. The number of aromatic nitrogens is 6.